The van der Waals surface area contributed by atoms with E-state index in [0.717, 1.165) is 12.1 Å². The molecule has 0 aromatic carbocycles. The fourth-order valence-electron chi connectivity index (χ4n) is 3.39. The topological polar surface area (TPSA) is 9.72 Å². The van der Waals surface area contributed by atoms with Gasteiger partial charge >= 0.3 is 0 Å². The first-order valence-corrected chi connectivity index (χ1v) is 8.71. The lowest BCUT2D eigenvalue weighted by molar-refractivity contribution is 0.0765. The summed E-state index contributed by atoms with van der Waals surface area (Å²) < 4.78 is 0. The average molecular weight is 284 g/mol. The second-order valence-electron chi connectivity index (χ2n) is 6.66. The largest absolute Gasteiger partial charge is 0.301 e. The van der Waals surface area contributed by atoms with E-state index in [1.54, 1.807) is 0 Å². The maximum absolute atomic E-state index is 2.69. The summed E-state index contributed by atoms with van der Waals surface area (Å²) in [7, 11) is 0. The Hall–Kier alpha value is -0.120. The molecule has 1 heterocycles. The van der Waals surface area contributed by atoms with Gasteiger partial charge in [-0.3, -0.25) is 9.80 Å². The summed E-state index contributed by atoms with van der Waals surface area (Å²) in [6.45, 7) is 21.3. The summed E-state index contributed by atoms with van der Waals surface area (Å²) in [5, 5.41) is 0. The number of hydrogen-bond acceptors (Lipinski definition) is 3. The molecule has 1 aliphatic heterocycles. The monoisotopic (exact) mass is 283 g/mol. The van der Waals surface area contributed by atoms with Crippen molar-refractivity contribution in [1.82, 2.24) is 14.7 Å². The molecule has 20 heavy (non-hydrogen) atoms. The lowest BCUT2D eigenvalue weighted by Crippen LogP contribution is -2.51. The van der Waals surface area contributed by atoms with Crippen molar-refractivity contribution in [3.05, 3.63) is 0 Å². The summed E-state index contributed by atoms with van der Waals surface area (Å²) in [5.74, 6) is 0. The van der Waals surface area contributed by atoms with Crippen LogP contribution >= 0.6 is 0 Å². The maximum Gasteiger partial charge on any atom is 0.0113 e. The van der Waals surface area contributed by atoms with Gasteiger partial charge in [0.05, 0.1) is 0 Å². The molecule has 2 atom stereocenters. The number of hydrogen-bond donors (Lipinski definition) is 0. The fourth-order valence-corrected chi connectivity index (χ4v) is 3.39. The second kappa shape index (κ2) is 9.01. The van der Waals surface area contributed by atoms with Gasteiger partial charge in [0.2, 0.25) is 0 Å². The first-order chi connectivity index (χ1) is 9.49. The quantitative estimate of drug-likeness (QED) is 0.678. The zero-order chi connectivity index (χ0) is 15.1. The molecular formula is C17H37N3. The molecule has 0 spiro atoms. The molecule has 0 aliphatic carbocycles. The molecule has 2 unspecified atom stereocenters. The van der Waals surface area contributed by atoms with Crippen LogP contribution in [0.25, 0.3) is 0 Å². The van der Waals surface area contributed by atoms with Crippen LogP contribution in [-0.4, -0.2) is 72.1 Å². The van der Waals surface area contributed by atoms with Crippen molar-refractivity contribution in [3.63, 3.8) is 0 Å². The van der Waals surface area contributed by atoms with Crippen LogP contribution in [0.1, 0.15) is 54.4 Å². The van der Waals surface area contributed by atoms with Crippen molar-refractivity contribution in [1.29, 1.82) is 0 Å². The normalized spacial score (nSPS) is 21.6. The SMILES string of the molecule is CCN(CC)C(C)CCC(C)N1CCN(C(C)C)CC1. The Morgan fingerprint density at radius 2 is 1.30 bits per heavy atom. The Balaban J connectivity index is 2.28. The van der Waals surface area contributed by atoms with Crippen molar-refractivity contribution in [2.45, 2.75) is 72.5 Å². The Morgan fingerprint density at radius 3 is 1.75 bits per heavy atom. The molecule has 1 saturated heterocycles. The van der Waals surface area contributed by atoms with E-state index in [1.165, 1.54) is 52.1 Å². The number of nitrogens with zero attached hydrogens (tertiary/aromatic N) is 3. The molecule has 0 aromatic rings. The van der Waals surface area contributed by atoms with Gasteiger partial charge in [-0.1, -0.05) is 13.8 Å². The van der Waals surface area contributed by atoms with Crippen LogP contribution in [0.15, 0.2) is 0 Å². The van der Waals surface area contributed by atoms with E-state index < -0.39 is 0 Å². The minimum atomic E-state index is 0.704. The molecule has 0 N–H and O–H groups in total. The minimum Gasteiger partial charge on any atom is -0.301 e. The van der Waals surface area contributed by atoms with Gasteiger partial charge in [-0.15, -0.1) is 0 Å². The zero-order valence-electron chi connectivity index (χ0n) is 14.7. The van der Waals surface area contributed by atoms with Crippen molar-refractivity contribution >= 4 is 0 Å². The van der Waals surface area contributed by atoms with Crippen LogP contribution in [0.5, 0.6) is 0 Å². The molecule has 3 nitrogen and oxygen atoms in total. The van der Waals surface area contributed by atoms with Crippen LogP contribution in [0.2, 0.25) is 0 Å². The Kier molecular flexibility index (Phi) is 8.08. The van der Waals surface area contributed by atoms with Crippen LogP contribution in [0.4, 0.5) is 0 Å². The Labute approximate surface area is 127 Å². The molecular weight excluding hydrogens is 246 g/mol. The standard InChI is InChI=1S/C17H37N3/c1-7-18(8-2)16(5)9-10-17(6)20-13-11-19(12-14-20)15(3)4/h15-17H,7-14H2,1-6H3. The molecule has 1 rings (SSSR count). The fraction of sp³-hybridized carbons (Fsp3) is 1.00. The van der Waals surface area contributed by atoms with Crippen molar-refractivity contribution in [2.75, 3.05) is 39.3 Å². The highest BCUT2D eigenvalue weighted by Gasteiger charge is 2.22. The van der Waals surface area contributed by atoms with E-state index >= 15 is 0 Å². The Bertz CT molecular complexity index is 243. The molecule has 120 valence electrons. The first kappa shape index (κ1) is 17.9. The zero-order valence-corrected chi connectivity index (χ0v) is 14.7. The highest BCUT2D eigenvalue weighted by Crippen LogP contribution is 2.15. The summed E-state index contributed by atoms with van der Waals surface area (Å²) in [4.78, 5) is 7.86. The summed E-state index contributed by atoms with van der Waals surface area (Å²) in [6.07, 6.45) is 2.66. The van der Waals surface area contributed by atoms with Crippen LogP contribution in [0, 0.1) is 0 Å². The third kappa shape index (κ3) is 5.34. The van der Waals surface area contributed by atoms with Crippen LogP contribution in [-0.2, 0) is 0 Å². The van der Waals surface area contributed by atoms with Gasteiger partial charge in [-0.05, 0) is 53.6 Å². The molecule has 0 bridgehead atoms. The third-order valence-corrected chi connectivity index (χ3v) is 5.14. The molecule has 0 saturated carbocycles. The first-order valence-electron chi connectivity index (χ1n) is 8.71. The summed E-state index contributed by atoms with van der Waals surface area (Å²) >= 11 is 0. The highest BCUT2D eigenvalue weighted by atomic mass is 15.3. The molecule has 0 amide bonds. The minimum absolute atomic E-state index is 0.704. The summed E-state index contributed by atoms with van der Waals surface area (Å²) in [6, 6.07) is 2.17. The second-order valence-corrected chi connectivity index (χ2v) is 6.66. The highest BCUT2D eigenvalue weighted by molar-refractivity contribution is 4.79. The maximum atomic E-state index is 2.69. The van der Waals surface area contributed by atoms with E-state index in [1.807, 2.05) is 0 Å². The van der Waals surface area contributed by atoms with E-state index in [4.69, 9.17) is 0 Å². The van der Waals surface area contributed by atoms with Crippen molar-refractivity contribution in [2.24, 2.45) is 0 Å². The smallest absolute Gasteiger partial charge is 0.0113 e. The van der Waals surface area contributed by atoms with Gasteiger partial charge in [0.15, 0.2) is 0 Å². The van der Waals surface area contributed by atoms with E-state index in [0.29, 0.717) is 6.04 Å². The molecule has 1 aliphatic rings. The molecule has 0 aromatic heterocycles. The average Bonchev–Trinajstić information content (AvgIpc) is 2.46. The van der Waals surface area contributed by atoms with Crippen LogP contribution in [0.3, 0.4) is 0 Å². The van der Waals surface area contributed by atoms with Gasteiger partial charge in [0.25, 0.3) is 0 Å². The lowest BCUT2D eigenvalue weighted by Gasteiger charge is -2.40. The Morgan fingerprint density at radius 1 is 0.800 bits per heavy atom. The van der Waals surface area contributed by atoms with E-state index in [9.17, 15) is 0 Å². The molecule has 1 fully saturated rings. The van der Waals surface area contributed by atoms with Crippen LogP contribution < -0.4 is 0 Å². The molecule has 3 heteroatoms. The third-order valence-electron chi connectivity index (χ3n) is 5.14. The molecule has 0 radical (unpaired) electrons. The van der Waals surface area contributed by atoms with Gasteiger partial charge in [0, 0.05) is 44.3 Å². The van der Waals surface area contributed by atoms with Crippen molar-refractivity contribution < 1.29 is 0 Å². The lowest BCUT2D eigenvalue weighted by atomic mass is 10.0. The van der Waals surface area contributed by atoms with Gasteiger partial charge < -0.3 is 4.90 Å². The van der Waals surface area contributed by atoms with Crippen molar-refractivity contribution in [3.8, 4) is 0 Å². The van der Waals surface area contributed by atoms with Gasteiger partial charge in [-0.25, -0.2) is 0 Å². The van der Waals surface area contributed by atoms with E-state index in [2.05, 4.69) is 56.2 Å². The van der Waals surface area contributed by atoms with Gasteiger partial charge in [0.1, 0.15) is 0 Å². The number of piperazine rings is 1. The summed E-state index contributed by atoms with van der Waals surface area (Å²) in [5.41, 5.74) is 0. The predicted molar refractivity (Wildman–Crippen MR) is 89.4 cm³/mol. The van der Waals surface area contributed by atoms with Gasteiger partial charge in [-0.2, -0.15) is 0 Å². The number of rotatable bonds is 8. The van der Waals surface area contributed by atoms with E-state index in [-0.39, 0.29) is 0 Å². The predicted octanol–water partition coefficient (Wildman–Crippen LogP) is 2.91.